The van der Waals surface area contributed by atoms with Gasteiger partial charge in [0.25, 0.3) is 0 Å². The molecule has 0 aliphatic carbocycles. The van der Waals surface area contributed by atoms with Gasteiger partial charge in [-0.25, -0.2) is 17.2 Å². The zero-order chi connectivity index (χ0) is 19.8. The molecule has 1 saturated heterocycles. The van der Waals surface area contributed by atoms with Crippen molar-refractivity contribution < 1.29 is 17.2 Å². The lowest BCUT2D eigenvalue weighted by molar-refractivity contribution is 0.211. The molecule has 0 aromatic heterocycles. The van der Waals surface area contributed by atoms with Gasteiger partial charge in [0, 0.05) is 12.6 Å². The average molecular weight is 390 g/mol. The van der Waals surface area contributed by atoms with Crippen LogP contribution in [0.5, 0.6) is 0 Å². The van der Waals surface area contributed by atoms with Crippen LogP contribution in [0, 0.1) is 29.9 Å². The molecule has 0 bridgehead atoms. The van der Waals surface area contributed by atoms with E-state index in [1.54, 1.807) is 31.2 Å². The highest BCUT2D eigenvalue weighted by atomic mass is 32.2. The van der Waals surface area contributed by atoms with Gasteiger partial charge in [-0.05, 0) is 56.5 Å². The lowest BCUT2D eigenvalue weighted by Crippen LogP contribution is -2.49. The maximum absolute atomic E-state index is 13.7. The molecule has 0 amide bonds. The van der Waals surface area contributed by atoms with Crippen molar-refractivity contribution in [3.05, 3.63) is 65.2 Å². The molecule has 0 radical (unpaired) electrons. The van der Waals surface area contributed by atoms with Crippen LogP contribution in [0.2, 0.25) is 0 Å². The molecule has 142 valence electrons. The normalized spacial score (nSPS) is 23.7. The Morgan fingerprint density at radius 1 is 1.15 bits per heavy atom. The van der Waals surface area contributed by atoms with Gasteiger partial charge < -0.3 is 0 Å². The molecule has 1 fully saturated rings. The summed E-state index contributed by atoms with van der Waals surface area (Å²) in [4.78, 5) is 0.206. The maximum Gasteiger partial charge on any atom is 0.243 e. The van der Waals surface area contributed by atoms with Crippen molar-refractivity contribution in [2.24, 2.45) is 0 Å². The minimum atomic E-state index is -3.69. The second-order valence-electron chi connectivity index (χ2n) is 7.05. The number of sulfonamides is 1. The maximum atomic E-state index is 13.7. The number of hydrogen-bond acceptors (Lipinski definition) is 3. The van der Waals surface area contributed by atoms with E-state index in [0.717, 1.165) is 17.7 Å². The van der Waals surface area contributed by atoms with Gasteiger partial charge in [0.05, 0.1) is 16.4 Å². The van der Waals surface area contributed by atoms with Crippen LogP contribution in [0.1, 0.15) is 30.9 Å². The number of benzene rings is 2. The van der Waals surface area contributed by atoms with Crippen LogP contribution in [-0.4, -0.2) is 25.3 Å². The van der Waals surface area contributed by atoms with Crippen molar-refractivity contribution in [2.45, 2.75) is 43.0 Å². The summed E-state index contributed by atoms with van der Waals surface area (Å²) >= 11 is 0. The second kappa shape index (κ2) is 7.02. The molecule has 7 heteroatoms. The third-order valence-electron chi connectivity index (χ3n) is 5.21. The summed E-state index contributed by atoms with van der Waals surface area (Å²) in [6.07, 6.45) is 0.420. The average Bonchev–Trinajstić information content (AvgIpc) is 2.64. The Morgan fingerprint density at radius 3 is 2.37 bits per heavy atom. The molecule has 0 unspecified atom stereocenters. The van der Waals surface area contributed by atoms with Crippen LogP contribution in [0.25, 0.3) is 0 Å². The topological polar surface area (TPSA) is 61.2 Å². The molecule has 0 spiro atoms. The van der Waals surface area contributed by atoms with Gasteiger partial charge in [-0.15, -0.1) is 0 Å². The first-order valence-corrected chi connectivity index (χ1v) is 10.1. The summed E-state index contributed by atoms with van der Waals surface area (Å²) < 4.78 is 54.3. The van der Waals surface area contributed by atoms with E-state index < -0.39 is 33.1 Å². The smallest absolute Gasteiger partial charge is 0.207 e. The van der Waals surface area contributed by atoms with Gasteiger partial charge in [0.1, 0.15) is 0 Å². The first kappa shape index (κ1) is 19.5. The fraction of sp³-hybridized carbons (Fsp3) is 0.350. The molecule has 4 nitrogen and oxygen atoms in total. The fourth-order valence-corrected chi connectivity index (χ4v) is 5.29. The number of piperidine rings is 1. The SMILES string of the molecule is Cc1ccc(S(=O)(=O)N2CC[C@@](C#N)(c3ccc(F)c(F)c3)C[C@@H]2C)cc1. The van der Waals surface area contributed by atoms with Crippen LogP contribution in [0.4, 0.5) is 8.78 Å². The number of nitrogens with zero attached hydrogens (tertiary/aromatic N) is 2. The Balaban J connectivity index is 1.91. The van der Waals surface area contributed by atoms with Crippen molar-refractivity contribution in [3.8, 4) is 6.07 Å². The van der Waals surface area contributed by atoms with Gasteiger partial charge >= 0.3 is 0 Å². The number of halogens is 2. The van der Waals surface area contributed by atoms with Gasteiger partial charge in [-0.1, -0.05) is 23.8 Å². The fourth-order valence-electron chi connectivity index (χ4n) is 3.65. The van der Waals surface area contributed by atoms with Crippen LogP contribution in [-0.2, 0) is 15.4 Å². The van der Waals surface area contributed by atoms with Crippen molar-refractivity contribution in [3.63, 3.8) is 0 Å². The molecule has 1 heterocycles. The zero-order valence-corrected chi connectivity index (χ0v) is 15.9. The largest absolute Gasteiger partial charge is 0.243 e. The van der Waals surface area contributed by atoms with Crippen LogP contribution >= 0.6 is 0 Å². The summed E-state index contributed by atoms with van der Waals surface area (Å²) in [7, 11) is -3.69. The second-order valence-corrected chi connectivity index (χ2v) is 8.95. The highest BCUT2D eigenvalue weighted by Crippen LogP contribution is 2.40. The van der Waals surface area contributed by atoms with Crippen molar-refractivity contribution >= 4 is 10.0 Å². The number of hydrogen-bond donors (Lipinski definition) is 0. The summed E-state index contributed by atoms with van der Waals surface area (Å²) in [5.41, 5.74) is 0.290. The number of nitriles is 1. The van der Waals surface area contributed by atoms with Gasteiger partial charge in [-0.3, -0.25) is 0 Å². The van der Waals surface area contributed by atoms with E-state index in [2.05, 4.69) is 6.07 Å². The first-order chi connectivity index (χ1) is 12.7. The zero-order valence-electron chi connectivity index (χ0n) is 15.1. The molecule has 3 rings (SSSR count). The van der Waals surface area contributed by atoms with Crippen LogP contribution in [0.3, 0.4) is 0 Å². The number of rotatable bonds is 3. The lowest BCUT2D eigenvalue weighted by Gasteiger charge is -2.41. The van der Waals surface area contributed by atoms with E-state index in [-0.39, 0.29) is 24.3 Å². The van der Waals surface area contributed by atoms with E-state index in [4.69, 9.17) is 0 Å². The summed E-state index contributed by atoms with van der Waals surface area (Å²) in [6, 6.07) is 11.8. The van der Waals surface area contributed by atoms with Crippen molar-refractivity contribution in [2.75, 3.05) is 6.54 Å². The van der Waals surface area contributed by atoms with Crippen molar-refractivity contribution in [1.82, 2.24) is 4.31 Å². The molecule has 1 aliphatic rings. The highest BCUT2D eigenvalue weighted by molar-refractivity contribution is 7.89. The third kappa shape index (κ3) is 3.47. The number of aryl methyl sites for hydroxylation is 1. The minimum Gasteiger partial charge on any atom is -0.207 e. The Labute approximate surface area is 158 Å². The summed E-state index contributed by atoms with van der Waals surface area (Å²) in [5, 5.41) is 9.78. The highest BCUT2D eigenvalue weighted by Gasteiger charge is 2.44. The Kier molecular flexibility index (Phi) is 5.06. The summed E-state index contributed by atoms with van der Waals surface area (Å²) in [5.74, 6) is -1.98. The summed E-state index contributed by atoms with van der Waals surface area (Å²) in [6.45, 7) is 3.74. The van der Waals surface area contributed by atoms with E-state index in [1.807, 2.05) is 6.92 Å². The Bertz CT molecular complexity index is 1000. The quantitative estimate of drug-likeness (QED) is 0.798. The molecule has 27 heavy (non-hydrogen) atoms. The third-order valence-corrected chi connectivity index (χ3v) is 7.24. The van der Waals surface area contributed by atoms with Gasteiger partial charge in [0.15, 0.2) is 11.6 Å². The van der Waals surface area contributed by atoms with E-state index >= 15 is 0 Å². The minimum absolute atomic E-state index is 0.129. The first-order valence-electron chi connectivity index (χ1n) is 8.65. The van der Waals surface area contributed by atoms with Crippen LogP contribution < -0.4 is 0 Å². The van der Waals surface area contributed by atoms with E-state index in [0.29, 0.717) is 5.56 Å². The molecule has 2 aromatic carbocycles. The van der Waals surface area contributed by atoms with Gasteiger partial charge in [-0.2, -0.15) is 9.57 Å². The predicted octanol–water partition coefficient (Wildman–Crippen LogP) is 3.91. The lowest BCUT2D eigenvalue weighted by atomic mass is 9.72. The molecule has 0 saturated carbocycles. The molecular weight excluding hydrogens is 370 g/mol. The molecule has 0 N–H and O–H groups in total. The van der Waals surface area contributed by atoms with Gasteiger partial charge in [0.2, 0.25) is 10.0 Å². The Morgan fingerprint density at radius 2 is 1.81 bits per heavy atom. The van der Waals surface area contributed by atoms with E-state index in [9.17, 15) is 22.5 Å². The van der Waals surface area contributed by atoms with E-state index in [1.165, 1.54) is 10.4 Å². The monoisotopic (exact) mass is 390 g/mol. The molecule has 2 atom stereocenters. The molecule has 1 aliphatic heterocycles. The predicted molar refractivity (Wildman–Crippen MR) is 97.4 cm³/mol. The van der Waals surface area contributed by atoms with Crippen LogP contribution in [0.15, 0.2) is 47.4 Å². The Hall–Kier alpha value is -2.30. The molecular formula is C20H20F2N2O2S. The van der Waals surface area contributed by atoms with Crippen molar-refractivity contribution in [1.29, 1.82) is 5.26 Å². The molecule has 2 aromatic rings. The standard InChI is InChI=1S/C20H20F2N2O2S/c1-14-3-6-17(7-4-14)27(25,26)24-10-9-20(13-23,12-15(24)2)16-5-8-18(21)19(22)11-16/h3-8,11,15H,9-10,12H2,1-2H3/t15-,20+/m0/s1.